The van der Waals surface area contributed by atoms with Gasteiger partial charge in [0.05, 0.1) is 0 Å². The van der Waals surface area contributed by atoms with Crippen molar-refractivity contribution >= 4 is 15.9 Å². The largest absolute Gasteiger partial charge is 0.472 e. The summed E-state index contributed by atoms with van der Waals surface area (Å²) in [7, 11) is 0. The van der Waals surface area contributed by atoms with E-state index in [9.17, 15) is 13.6 Å². The lowest BCUT2D eigenvalue weighted by atomic mass is 10.1. The Morgan fingerprint density at radius 1 is 1.17 bits per heavy atom. The van der Waals surface area contributed by atoms with Gasteiger partial charge < -0.3 is 15.0 Å². The van der Waals surface area contributed by atoms with Crippen molar-refractivity contribution in [1.29, 1.82) is 0 Å². The molecule has 0 saturated heterocycles. The Labute approximate surface area is 181 Å². The zero-order valence-electron chi connectivity index (χ0n) is 16.6. The highest BCUT2D eigenvalue weighted by Crippen LogP contribution is 2.21. The molecule has 3 rings (SSSR count). The Balaban J connectivity index is 1.76. The van der Waals surface area contributed by atoms with Gasteiger partial charge in [-0.15, -0.1) is 0 Å². The molecule has 158 valence electrons. The molecule has 0 unspecified atom stereocenters. The molecule has 0 saturated carbocycles. The van der Waals surface area contributed by atoms with Crippen LogP contribution in [0.1, 0.15) is 36.4 Å². The third-order valence-corrected chi connectivity index (χ3v) is 5.04. The summed E-state index contributed by atoms with van der Waals surface area (Å²) in [6.07, 6.45) is 0.402. The Morgan fingerprint density at radius 2 is 1.93 bits per heavy atom. The van der Waals surface area contributed by atoms with Gasteiger partial charge in [-0.3, -0.25) is 4.79 Å². The van der Waals surface area contributed by atoms with E-state index in [0.29, 0.717) is 18.3 Å². The molecule has 0 aliphatic carbocycles. The molecule has 0 aliphatic rings. The summed E-state index contributed by atoms with van der Waals surface area (Å²) < 4.78 is 32.5. The normalized spacial score (nSPS) is 11.1. The Bertz CT molecular complexity index is 1090. The second-order valence-corrected chi connectivity index (χ2v) is 7.98. The topological polar surface area (TPSA) is 67.0 Å². The minimum atomic E-state index is -0.719. The van der Waals surface area contributed by atoms with Gasteiger partial charge >= 0.3 is 0 Å². The minimum absolute atomic E-state index is 0.0510. The standard InChI is InChI=1S/C22H22BrF2N3O2/c1-13(2)26-11-15-5-3-4-14(8-15)9-19-27-21(29)20(23)22(28-19)30-12-16-6-7-17(24)10-18(16)25/h3-8,10,13,26H,9,11-12H2,1-2H3,(H,27,28,29). The fraction of sp³-hybridized carbons (Fsp3) is 0.273. The molecule has 0 fully saturated rings. The number of H-pyrrole nitrogens is 1. The van der Waals surface area contributed by atoms with E-state index in [1.807, 2.05) is 24.3 Å². The molecule has 0 radical (unpaired) electrons. The van der Waals surface area contributed by atoms with E-state index in [-0.39, 0.29) is 22.5 Å². The fourth-order valence-electron chi connectivity index (χ4n) is 2.81. The molecule has 5 nitrogen and oxygen atoms in total. The monoisotopic (exact) mass is 477 g/mol. The molecule has 0 spiro atoms. The molecule has 2 aromatic carbocycles. The number of ether oxygens (including phenoxy) is 1. The number of aromatic amines is 1. The number of aromatic nitrogens is 2. The van der Waals surface area contributed by atoms with Gasteiger partial charge in [0.25, 0.3) is 5.56 Å². The molecule has 0 amide bonds. The quantitative estimate of drug-likeness (QED) is 0.501. The Hall–Kier alpha value is -2.58. The smallest absolute Gasteiger partial charge is 0.269 e. The van der Waals surface area contributed by atoms with Crippen molar-refractivity contribution in [3.8, 4) is 5.88 Å². The molecule has 1 heterocycles. The van der Waals surface area contributed by atoms with Gasteiger partial charge in [-0.1, -0.05) is 38.1 Å². The van der Waals surface area contributed by atoms with Gasteiger partial charge in [-0.25, -0.2) is 8.78 Å². The average molecular weight is 478 g/mol. The van der Waals surface area contributed by atoms with Crippen LogP contribution in [0.15, 0.2) is 51.7 Å². The molecule has 30 heavy (non-hydrogen) atoms. The summed E-state index contributed by atoms with van der Waals surface area (Å²) in [6.45, 7) is 4.73. The zero-order chi connectivity index (χ0) is 21.7. The van der Waals surface area contributed by atoms with Crippen LogP contribution in [0.4, 0.5) is 8.78 Å². The third kappa shape index (κ3) is 5.96. The summed E-state index contributed by atoms with van der Waals surface area (Å²) in [5, 5.41) is 3.37. The van der Waals surface area contributed by atoms with E-state index in [1.165, 1.54) is 6.07 Å². The summed E-state index contributed by atoms with van der Waals surface area (Å²) >= 11 is 3.16. The maximum Gasteiger partial charge on any atom is 0.269 e. The van der Waals surface area contributed by atoms with Gasteiger partial charge in [-0.2, -0.15) is 4.98 Å². The van der Waals surface area contributed by atoms with Crippen LogP contribution in [-0.2, 0) is 19.6 Å². The van der Waals surface area contributed by atoms with Crippen LogP contribution in [0.25, 0.3) is 0 Å². The van der Waals surface area contributed by atoms with Crippen LogP contribution in [-0.4, -0.2) is 16.0 Å². The second-order valence-electron chi connectivity index (χ2n) is 7.19. The highest BCUT2D eigenvalue weighted by molar-refractivity contribution is 9.10. The first-order valence-electron chi connectivity index (χ1n) is 9.48. The summed E-state index contributed by atoms with van der Waals surface area (Å²) in [6, 6.07) is 11.6. The molecular weight excluding hydrogens is 456 g/mol. The summed E-state index contributed by atoms with van der Waals surface area (Å²) in [5.74, 6) is -0.912. The van der Waals surface area contributed by atoms with Crippen molar-refractivity contribution in [2.24, 2.45) is 0 Å². The maximum absolute atomic E-state index is 13.8. The maximum atomic E-state index is 13.8. The number of nitrogens with zero attached hydrogens (tertiary/aromatic N) is 1. The van der Waals surface area contributed by atoms with Gasteiger partial charge in [-0.05, 0) is 39.2 Å². The number of hydrogen-bond acceptors (Lipinski definition) is 4. The molecule has 0 aliphatic heterocycles. The molecule has 0 atom stereocenters. The molecule has 1 aromatic heterocycles. The zero-order valence-corrected chi connectivity index (χ0v) is 18.2. The van der Waals surface area contributed by atoms with Crippen LogP contribution in [0.3, 0.4) is 0 Å². The molecule has 8 heteroatoms. The van der Waals surface area contributed by atoms with E-state index < -0.39 is 17.2 Å². The predicted octanol–water partition coefficient (Wildman–Crippen LogP) is 4.48. The number of hydrogen-bond donors (Lipinski definition) is 2. The third-order valence-electron chi connectivity index (χ3n) is 4.34. The fourth-order valence-corrected chi connectivity index (χ4v) is 3.11. The highest BCUT2D eigenvalue weighted by atomic mass is 79.9. The lowest BCUT2D eigenvalue weighted by Crippen LogP contribution is -2.21. The van der Waals surface area contributed by atoms with E-state index >= 15 is 0 Å². The van der Waals surface area contributed by atoms with E-state index in [4.69, 9.17) is 4.74 Å². The van der Waals surface area contributed by atoms with Gasteiger partial charge in [0.2, 0.25) is 5.88 Å². The van der Waals surface area contributed by atoms with Crippen LogP contribution < -0.4 is 15.6 Å². The van der Waals surface area contributed by atoms with E-state index in [2.05, 4.69) is 45.1 Å². The first kappa shape index (κ1) is 22.1. The number of rotatable bonds is 8. The van der Waals surface area contributed by atoms with Gasteiger partial charge in [0, 0.05) is 30.6 Å². The van der Waals surface area contributed by atoms with Crippen LogP contribution >= 0.6 is 15.9 Å². The highest BCUT2D eigenvalue weighted by Gasteiger charge is 2.13. The SMILES string of the molecule is CC(C)NCc1cccc(Cc2nc(OCc3ccc(F)cc3F)c(Br)c(=O)[nH]2)c1. The molecular formula is C22H22BrF2N3O2. The Kier molecular flexibility index (Phi) is 7.33. The lowest BCUT2D eigenvalue weighted by Gasteiger charge is -2.11. The first-order valence-corrected chi connectivity index (χ1v) is 10.3. The van der Waals surface area contributed by atoms with Crippen molar-refractivity contribution in [2.75, 3.05) is 0 Å². The lowest BCUT2D eigenvalue weighted by molar-refractivity contribution is 0.283. The number of benzene rings is 2. The second kappa shape index (κ2) is 9.95. The minimum Gasteiger partial charge on any atom is -0.472 e. The van der Waals surface area contributed by atoms with E-state index in [0.717, 1.165) is 29.8 Å². The summed E-state index contributed by atoms with van der Waals surface area (Å²) in [4.78, 5) is 19.3. The van der Waals surface area contributed by atoms with Crippen molar-refractivity contribution in [1.82, 2.24) is 15.3 Å². The van der Waals surface area contributed by atoms with Crippen molar-refractivity contribution < 1.29 is 13.5 Å². The molecule has 3 aromatic rings. The van der Waals surface area contributed by atoms with Gasteiger partial charge in [0.1, 0.15) is 28.5 Å². The number of halogens is 3. The van der Waals surface area contributed by atoms with Crippen LogP contribution in [0.5, 0.6) is 5.88 Å². The molecule has 2 N–H and O–H groups in total. The van der Waals surface area contributed by atoms with Gasteiger partial charge in [0.15, 0.2) is 0 Å². The van der Waals surface area contributed by atoms with Crippen LogP contribution in [0.2, 0.25) is 0 Å². The van der Waals surface area contributed by atoms with Crippen molar-refractivity contribution in [2.45, 2.75) is 39.5 Å². The molecule has 0 bridgehead atoms. The summed E-state index contributed by atoms with van der Waals surface area (Å²) in [5.41, 5.74) is 1.88. The van der Waals surface area contributed by atoms with Crippen molar-refractivity contribution in [3.05, 3.63) is 91.4 Å². The first-order chi connectivity index (χ1) is 14.3. The van der Waals surface area contributed by atoms with Crippen LogP contribution in [0, 0.1) is 11.6 Å². The predicted molar refractivity (Wildman–Crippen MR) is 114 cm³/mol. The number of nitrogens with one attached hydrogen (secondary N) is 2. The Morgan fingerprint density at radius 3 is 2.67 bits per heavy atom. The van der Waals surface area contributed by atoms with Crippen molar-refractivity contribution in [3.63, 3.8) is 0 Å². The average Bonchev–Trinajstić information content (AvgIpc) is 2.69. The van der Waals surface area contributed by atoms with E-state index in [1.54, 1.807) is 0 Å².